The van der Waals surface area contributed by atoms with E-state index in [1.807, 2.05) is 61.5 Å². The minimum atomic E-state index is -3.98. The summed E-state index contributed by atoms with van der Waals surface area (Å²) in [6.07, 6.45) is 4.61. The molecule has 4 aromatic rings. The van der Waals surface area contributed by atoms with Crippen molar-refractivity contribution in [2.24, 2.45) is 0 Å². The smallest absolute Gasteiger partial charge is 0.264 e. The topological polar surface area (TPSA) is 90.3 Å². The predicted molar refractivity (Wildman–Crippen MR) is 150 cm³/mol. The second kappa shape index (κ2) is 10.8. The summed E-state index contributed by atoms with van der Waals surface area (Å²) in [5.74, 6) is 0.719. The minimum Gasteiger partial charge on any atom is -0.497 e. The summed E-state index contributed by atoms with van der Waals surface area (Å²) >= 11 is 0. The van der Waals surface area contributed by atoms with Gasteiger partial charge in [0.05, 0.1) is 23.3 Å². The zero-order valence-electron chi connectivity index (χ0n) is 21.6. The first kappa shape index (κ1) is 25.7. The van der Waals surface area contributed by atoms with Gasteiger partial charge in [-0.05, 0) is 49.6 Å². The van der Waals surface area contributed by atoms with Crippen molar-refractivity contribution in [2.75, 3.05) is 11.8 Å². The minimum absolute atomic E-state index is 0.0404. The van der Waals surface area contributed by atoms with Crippen LogP contribution in [0, 0.1) is 6.92 Å². The number of aryl methyl sites for hydroxylation is 1. The molecule has 196 valence electrons. The van der Waals surface area contributed by atoms with Crippen molar-refractivity contribution in [3.8, 4) is 28.1 Å². The number of ether oxygens (including phenoxy) is 1. The van der Waals surface area contributed by atoms with E-state index in [0.29, 0.717) is 22.6 Å². The van der Waals surface area contributed by atoms with Gasteiger partial charge in [-0.2, -0.15) is 0 Å². The maximum Gasteiger partial charge on any atom is 0.264 e. The van der Waals surface area contributed by atoms with Crippen molar-refractivity contribution >= 4 is 16.0 Å². The number of sulfonamides is 1. The van der Waals surface area contributed by atoms with Gasteiger partial charge in [-0.1, -0.05) is 79.4 Å². The Hall–Kier alpha value is -3.91. The van der Waals surface area contributed by atoms with Crippen LogP contribution in [0.3, 0.4) is 0 Å². The number of hydrogen-bond donors (Lipinski definition) is 1. The quantitative estimate of drug-likeness (QED) is 0.308. The molecule has 5 rings (SSSR count). The van der Waals surface area contributed by atoms with Gasteiger partial charge in [0.1, 0.15) is 5.75 Å². The Kier molecular flexibility index (Phi) is 7.33. The van der Waals surface area contributed by atoms with E-state index >= 15 is 0 Å². The summed E-state index contributed by atoms with van der Waals surface area (Å²) in [6.45, 7) is 1.90. The first-order chi connectivity index (χ1) is 18.4. The molecule has 0 amide bonds. The van der Waals surface area contributed by atoms with E-state index in [9.17, 15) is 13.2 Å². The zero-order valence-corrected chi connectivity index (χ0v) is 22.4. The number of anilines is 1. The lowest BCUT2D eigenvalue weighted by Gasteiger charge is -2.27. The van der Waals surface area contributed by atoms with Gasteiger partial charge in [-0.25, -0.2) is 18.1 Å². The third-order valence-corrected chi connectivity index (χ3v) is 8.38. The number of rotatable bonds is 7. The van der Waals surface area contributed by atoms with E-state index in [4.69, 9.17) is 9.72 Å². The molecule has 1 fully saturated rings. The van der Waals surface area contributed by atoms with Gasteiger partial charge in [0, 0.05) is 11.6 Å². The summed E-state index contributed by atoms with van der Waals surface area (Å²) < 4.78 is 36.5. The lowest BCUT2D eigenvalue weighted by Crippen LogP contribution is -2.33. The Balaban J connectivity index is 1.75. The Morgan fingerprint density at radius 2 is 1.53 bits per heavy atom. The molecule has 1 aliphatic carbocycles. The molecule has 1 heterocycles. The van der Waals surface area contributed by atoms with Crippen LogP contribution < -0.4 is 15.0 Å². The lowest BCUT2D eigenvalue weighted by atomic mass is 9.94. The average Bonchev–Trinajstić information content (AvgIpc) is 2.94. The van der Waals surface area contributed by atoms with E-state index in [2.05, 4.69) is 4.72 Å². The number of benzene rings is 3. The molecule has 1 N–H and O–H groups in total. The van der Waals surface area contributed by atoms with Crippen LogP contribution >= 0.6 is 0 Å². The van der Waals surface area contributed by atoms with Crippen LogP contribution in [0.25, 0.3) is 22.4 Å². The van der Waals surface area contributed by atoms with E-state index in [-0.39, 0.29) is 22.4 Å². The lowest BCUT2D eigenvalue weighted by molar-refractivity contribution is 0.348. The fourth-order valence-electron chi connectivity index (χ4n) is 5.00. The van der Waals surface area contributed by atoms with Gasteiger partial charge in [0.15, 0.2) is 0 Å². The molecule has 1 aliphatic rings. The maximum absolute atomic E-state index is 14.4. The fourth-order valence-corrected chi connectivity index (χ4v) is 6.00. The van der Waals surface area contributed by atoms with Crippen molar-refractivity contribution in [3.63, 3.8) is 0 Å². The number of aromatic nitrogens is 2. The number of hydrogen-bond acceptors (Lipinski definition) is 5. The molecule has 1 saturated carbocycles. The molecule has 3 aromatic carbocycles. The Bertz CT molecular complexity index is 1570. The van der Waals surface area contributed by atoms with Gasteiger partial charge >= 0.3 is 0 Å². The highest BCUT2D eigenvalue weighted by Gasteiger charge is 2.28. The van der Waals surface area contributed by atoms with Gasteiger partial charge in [0.2, 0.25) is 5.95 Å². The number of nitrogens with one attached hydrogen (secondary N) is 1. The Labute approximate surface area is 223 Å². The first-order valence-electron chi connectivity index (χ1n) is 12.8. The second-order valence-electron chi connectivity index (χ2n) is 9.64. The molecule has 0 saturated heterocycles. The van der Waals surface area contributed by atoms with Gasteiger partial charge < -0.3 is 4.74 Å². The molecular formula is C30H31N3O4S. The normalized spacial score (nSPS) is 14.3. The summed E-state index contributed by atoms with van der Waals surface area (Å²) in [4.78, 5) is 19.3. The molecule has 0 spiro atoms. The molecular weight excluding hydrogens is 498 g/mol. The third-order valence-electron chi connectivity index (χ3n) is 7.04. The average molecular weight is 530 g/mol. The van der Waals surface area contributed by atoms with Crippen LogP contribution in [0.1, 0.15) is 43.7 Å². The molecule has 38 heavy (non-hydrogen) atoms. The number of nitrogens with zero attached hydrogens (tertiary/aromatic N) is 2. The molecule has 7 nitrogen and oxygen atoms in total. The van der Waals surface area contributed by atoms with E-state index in [0.717, 1.165) is 43.2 Å². The Morgan fingerprint density at radius 3 is 2.16 bits per heavy atom. The second-order valence-corrected chi connectivity index (χ2v) is 11.3. The van der Waals surface area contributed by atoms with E-state index in [1.54, 1.807) is 35.9 Å². The highest BCUT2D eigenvalue weighted by molar-refractivity contribution is 7.92. The van der Waals surface area contributed by atoms with Gasteiger partial charge in [-0.3, -0.25) is 9.36 Å². The van der Waals surface area contributed by atoms with Crippen LogP contribution in [-0.4, -0.2) is 25.1 Å². The van der Waals surface area contributed by atoms with Crippen LogP contribution in [0.5, 0.6) is 5.75 Å². The highest BCUT2D eigenvalue weighted by Crippen LogP contribution is 2.35. The van der Waals surface area contributed by atoms with Crippen LogP contribution in [0.15, 0.2) is 88.6 Å². The van der Waals surface area contributed by atoms with Crippen molar-refractivity contribution in [3.05, 3.63) is 94.8 Å². The molecule has 0 bridgehead atoms. The molecule has 8 heteroatoms. The summed E-state index contributed by atoms with van der Waals surface area (Å²) in [7, 11) is -2.39. The van der Waals surface area contributed by atoms with Crippen molar-refractivity contribution in [1.82, 2.24) is 9.55 Å². The summed E-state index contributed by atoms with van der Waals surface area (Å²) in [6, 6.07) is 23.1. The van der Waals surface area contributed by atoms with Crippen molar-refractivity contribution < 1.29 is 13.2 Å². The molecule has 0 aliphatic heterocycles. The SMILES string of the molecule is COc1ccc(-c2c(-c3ccccc3)nc(NS(=O)(=O)c3ccc(C)cc3)n(C3CCCCC3)c2=O)cc1. The van der Waals surface area contributed by atoms with Crippen molar-refractivity contribution in [2.45, 2.75) is 50.0 Å². The van der Waals surface area contributed by atoms with Gasteiger partial charge in [0.25, 0.3) is 15.6 Å². The monoisotopic (exact) mass is 529 g/mol. The van der Waals surface area contributed by atoms with Crippen LogP contribution in [-0.2, 0) is 10.0 Å². The van der Waals surface area contributed by atoms with E-state index in [1.165, 1.54) is 0 Å². The largest absolute Gasteiger partial charge is 0.497 e. The molecule has 1 aromatic heterocycles. The van der Waals surface area contributed by atoms with Crippen LogP contribution in [0.2, 0.25) is 0 Å². The zero-order chi connectivity index (χ0) is 26.7. The predicted octanol–water partition coefficient (Wildman–Crippen LogP) is 6.20. The van der Waals surface area contributed by atoms with Gasteiger partial charge in [-0.15, -0.1) is 0 Å². The summed E-state index contributed by atoms with van der Waals surface area (Å²) in [5.41, 5.74) is 2.97. The molecule has 0 radical (unpaired) electrons. The Morgan fingerprint density at radius 1 is 0.868 bits per heavy atom. The maximum atomic E-state index is 14.4. The molecule has 0 atom stereocenters. The third kappa shape index (κ3) is 5.22. The summed E-state index contributed by atoms with van der Waals surface area (Å²) in [5, 5.41) is 0. The van der Waals surface area contributed by atoms with Crippen molar-refractivity contribution in [1.29, 1.82) is 0 Å². The highest BCUT2D eigenvalue weighted by atomic mass is 32.2. The van der Waals surface area contributed by atoms with E-state index < -0.39 is 10.0 Å². The fraction of sp³-hybridized carbons (Fsp3) is 0.267. The number of methoxy groups -OCH3 is 1. The standard InChI is InChI=1S/C30H31N3O4S/c1-21-13-19-26(20-14-21)38(35,36)32-30-31-28(23-9-5-3-6-10-23)27(22-15-17-25(37-2)18-16-22)29(34)33(30)24-11-7-4-8-12-24/h3,5-6,9-10,13-20,24H,4,7-8,11-12H2,1-2H3,(H,31,32). The molecule has 0 unspecified atom stereocenters. The van der Waals surface area contributed by atoms with Crippen LogP contribution in [0.4, 0.5) is 5.95 Å². The first-order valence-corrected chi connectivity index (χ1v) is 14.3.